The Hall–Kier alpha value is -5.16. The van der Waals surface area contributed by atoms with Crippen LogP contribution in [0, 0.1) is 0 Å². The number of benzene rings is 5. The van der Waals surface area contributed by atoms with Crippen molar-refractivity contribution in [3.8, 4) is 17.2 Å². The summed E-state index contributed by atoms with van der Waals surface area (Å²) < 4.78 is 2.21. The van der Waals surface area contributed by atoms with Gasteiger partial charge in [0, 0.05) is 28.7 Å². The molecule has 8 rings (SSSR count). The van der Waals surface area contributed by atoms with E-state index in [4.69, 9.17) is 9.97 Å². The number of rotatable bonds is 2. The van der Waals surface area contributed by atoms with Crippen molar-refractivity contribution in [2.45, 2.75) is 0 Å². The van der Waals surface area contributed by atoms with Gasteiger partial charge in [-0.3, -0.25) is 4.57 Å². The van der Waals surface area contributed by atoms with Gasteiger partial charge in [-0.15, -0.1) is 0 Å². The minimum atomic E-state index is 0.572. The molecule has 0 aliphatic rings. The second kappa shape index (κ2) is 7.67. The normalized spacial score (nSPS) is 11.8. The Kier molecular flexibility index (Phi) is 4.16. The maximum atomic E-state index is 5.15. The van der Waals surface area contributed by atoms with Crippen LogP contribution in [-0.2, 0) is 0 Å². The Labute approximate surface area is 211 Å². The fourth-order valence-electron chi connectivity index (χ4n) is 5.35. The Morgan fingerprint density at radius 3 is 2.08 bits per heavy atom. The molecular weight excluding hydrogens is 454 g/mol. The first-order valence-electron chi connectivity index (χ1n) is 12.2. The van der Waals surface area contributed by atoms with Crippen LogP contribution < -0.4 is 0 Å². The smallest absolute Gasteiger partial charge is 0.184 e. The maximum Gasteiger partial charge on any atom is 0.184 e. The van der Waals surface area contributed by atoms with E-state index in [9.17, 15) is 0 Å². The Morgan fingerprint density at radius 2 is 1.22 bits per heavy atom. The first-order valence-corrected chi connectivity index (χ1v) is 12.2. The highest BCUT2D eigenvalue weighted by molar-refractivity contribution is 6.14. The minimum absolute atomic E-state index is 0.572. The van der Waals surface area contributed by atoms with Crippen molar-refractivity contribution in [1.82, 2.24) is 24.5 Å². The van der Waals surface area contributed by atoms with E-state index in [1.54, 1.807) is 12.4 Å². The molecule has 0 radical (unpaired) electrons. The summed E-state index contributed by atoms with van der Waals surface area (Å²) in [5.74, 6) is 1.35. The van der Waals surface area contributed by atoms with Crippen LogP contribution in [0.5, 0.6) is 0 Å². The van der Waals surface area contributed by atoms with E-state index in [1.807, 2.05) is 12.1 Å². The monoisotopic (exact) mass is 473 g/mol. The van der Waals surface area contributed by atoms with E-state index < -0.39 is 0 Å². The third kappa shape index (κ3) is 3.04. The number of nitrogens with zero attached hydrogens (tertiary/aromatic N) is 5. The van der Waals surface area contributed by atoms with Gasteiger partial charge in [0.05, 0.1) is 11.0 Å². The highest BCUT2D eigenvalue weighted by atomic mass is 15.1. The summed E-state index contributed by atoms with van der Waals surface area (Å²) in [6, 6.07) is 36.1. The van der Waals surface area contributed by atoms with Crippen LogP contribution in [-0.4, -0.2) is 24.5 Å². The molecule has 5 nitrogen and oxygen atoms in total. The number of hydrogen-bond donors (Lipinski definition) is 0. The van der Waals surface area contributed by atoms with E-state index in [1.165, 1.54) is 26.9 Å². The second-order valence-corrected chi connectivity index (χ2v) is 9.23. The molecule has 8 aromatic rings. The molecular formula is C32H19N5. The summed E-state index contributed by atoms with van der Waals surface area (Å²) >= 11 is 0. The van der Waals surface area contributed by atoms with Gasteiger partial charge in [-0.05, 0) is 45.8 Å². The molecule has 172 valence electrons. The van der Waals surface area contributed by atoms with E-state index in [0.717, 1.165) is 27.8 Å². The quantitative estimate of drug-likeness (QED) is 0.261. The molecule has 0 aliphatic carbocycles. The number of aromatic nitrogens is 5. The van der Waals surface area contributed by atoms with Crippen molar-refractivity contribution >= 4 is 54.5 Å². The molecule has 0 amide bonds. The summed E-state index contributed by atoms with van der Waals surface area (Å²) in [4.78, 5) is 19.3. The Morgan fingerprint density at radius 1 is 0.514 bits per heavy atom. The highest BCUT2D eigenvalue weighted by Crippen LogP contribution is 2.36. The molecule has 3 heterocycles. The molecule has 0 atom stereocenters. The maximum absolute atomic E-state index is 5.15. The SMILES string of the molecule is c1ccc2cc(-c3nc(-n4c5ccccc5c5cc6ccccc6cc54)c4nccnc4n3)ccc2c1. The van der Waals surface area contributed by atoms with Crippen molar-refractivity contribution in [2.75, 3.05) is 0 Å². The molecule has 5 aromatic carbocycles. The predicted octanol–water partition coefficient (Wildman–Crippen LogP) is 7.49. The standard InChI is InChI=1S/C32H19N5/c1-2-8-21-17-24(14-13-20(21)7-1)30-35-31-29(33-15-16-34-31)32(36-30)37-27-12-6-5-11-25(27)26-18-22-9-3-4-10-23(22)19-28(26)37/h1-19H. The zero-order valence-electron chi connectivity index (χ0n) is 19.7. The van der Waals surface area contributed by atoms with Gasteiger partial charge in [-0.1, -0.05) is 78.9 Å². The number of para-hydroxylation sites is 1. The third-order valence-corrected chi connectivity index (χ3v) is 7.07. The van der Waals surface area contributed by atoms with Gasteiger partial charge < -0.3 is 0 Å². The van der Waals surface area contributed by atoms with Crippen LogP contribution in [0.1, 0.15) is 0 Å². The van der Waals surface area contributed by atoms with Gasteiger partial charge in [-0.2, -0.15) is 0 Å². The molecule has 0 N–H and O–H groups in total. The van der Waals surface area contributed by atoms with E-state index in [-0.39, 0.29) is 0 Å². The van der Waals surface area contributed by atoms with Crippen LogP contribution in [0.25, 0.3) is 71.7 Å². The lowest BCUT2D eigenvalue weighted by Gasteiger charge is -2.12. The summed E-state index contributed by atoms with van der Waals surface area (Å²) in [5, 5.41) is 7.07. The summed E-state index contributed by atoms with van der Waals surface area (Å²) in [6.45, 7) is 0. The van der Waals surface area contributed by atoms with Gasteiger partial charge in [0.15, 0.2) is 22.8 Å². The van der Waals surface area contributed by atoms with Crippen LogP contribution in [0.3, 0.4) is 0 Å². The van der Waals surface area contributed by atoms with Crippen LogP contribution in [0.4, 0.5) is 0 Å². The summed E-state index contributed by atoms with van der Waals surface area (Å²) in [7, 11) is 0. The van der Waals surface area contributed by atoms with Crippen molar-refractivity contribution in [3.63, 3.8) is 0 Å². The molecule has 0 bridgehead atoms. The molecule has 3 aromatic heterocycles. The lowest BCUT2D eigenvalue weighted by Crippen LogP contribution is -2.04. The van der Waals surface area contributed by atoms with Crippen LogP contribution in [0.2, 0.25) is 0 Å². The fraction of sp³-hybridized carbons (Fsp3) is 0. The summed E-state index contributed by atoms with van der Waals surface area (Å²) in [6.07, 6.45) is 3.39. The highest BCUT2D eigenvalue weighted by Gasteiger charge is 2.19. The van der Waals surface area contributed by atoms with Crippen LogP contribution >= 0.6 is 0 Å². The molecule has 0 spiro atoms. The van der Waals surface area contributed by atoms with E-state index >= 15 is 0 Å². The lowest BCUT2D eigenvalue weighted by atomic mass is 10.1. The first-order chi connectivity index (χ1) is 18.3. The second-order valence-electron chi connectivity index (χ2n) is 9.23. The largest absolute Gasteiger partial charge is 0.292 e. The molecule has 5 heteroatoms. The molecule has 0 saturated heterocycles. The van der Waals surface area contributed by atoms with Crippen molar-refractivity contribution in [2.24, 2.45) is 0 Å². The molecule has 0 saturated carbocycles. The van der Waals surface area contributed by atoms with Gasteiger partial charge in [0.2, 0.25) is 0 Å². The molecule has 0 fully saturated rings. The molecule has 0 unspecified atom stereocenters. The van der Waals surface area contributed by atoms with Gasteiger partial charge in [0.1, 0.15) is 0 Å². The molecule has 37 heavy (non-hydrogen) atoms. The van der Waals surface area contributed by atoms with Crippen molar-refractivity contribution < 1.29 is 0 Å². The van der Waals surface area contributed by atoms with Crippen molar-refractivity contribution in [3.05, 3.63) is 116 Å². The summed E-state index contributed by atoms with van der Waals surface area (Å²) in [5.41, 5.74) is 4.34. The van der Waals surface area contributed by atoms with E-state index in [0.29, 0.717) is 17.0 Å². The number of hydrogen-bond acceptors (Lipinski definition) is 4. The van der Waals surface area contributed by atoms with Gasteiger partial charge in [0.25, 0.3) is 0 Å². The van der Waals surface area contributed by atoms with Gasteiger partial charge >= 0.3 is 0 Å². The van der Waals surface area contributed by atoms with Gasteiger partial charge in [-0.25, -0.2) is 19.9 Å². The van der Waals surface area contributed by atoms with E-state index in [2.05, 4.69) is 106 Å². The Balaban J connectivity index is 1.49. The number of fused-ring (bicyclic) bond motifs is 6. The third-order valence-electron chi connectivity index (χ3n) is 7.07. The average molecular weight is 474 g/mol. The average Bonchev–Trinajstić information content (AvgIpc) is 3.28. The first kappa shape index (κ1) is 20.1. The fourth-order valence-corrected chi connectivity index (χ4v) is 5.35. The zero-order valence-corrected chi connectivity index (χ0v) is 19.7. The molecule has 0 aliphatic heterocycles. The lowest BCUT2D eigenvalue weighted by molar-refractivity contribution is 1.05. The topological polar surface area (TPSA) is 56.5 Å². The minimum Gasteiger partial charge on any atom is -0.292 e. The van der Waals surface area contributed by atoms with Crippen LogP contribution in [0.15, 0.2) is 116 Å². The zero-order chi connectivity index (χ0) is 24.3. The predicted molar refractivity (Wildman–Crippen MR) is 150 cm³/mol. The van der Waals surface area contributed by atoms with Crippen molar-refractivity contribution in [1.29, 1.82) is 0 Å². The Bertz CT molecular complexity index is 2160.